The van der Waals surface area contributed by atoms with E-state index in [1.54, 1.807) is 7.11 Å². The Bertz CT molecular complexity index is 1150. The van der Waals surface area contributed by atoms with E-state index in [1.165, 1.54) is 11.1 Å². The van der Waals surface area contributed by atoms with E-state index in [9.17, 15) is 0 Å². The molecule has 1 atom stereocenters. The van der Waals surface area contributed by atoms with Crippen molar-refractivity contribution in [1.29, 1.82) is 0 Å². The summed E-state index contributed by atoms with van der Waals surface area (Å²) in [5.74, 6) is 1.72. The van der Waals surface area contributed by atoms with Gasteiger partial charge in [-0.1, -0.05) is 72.8 Å². The molecule has 1 aromatic heterocycles. The summed E-state index contributed by atoms with van der Waals surface area (Å²) in [7, 11) is 1.68. The molecule has 5 rings (SSSR count). The molecule has 0 aliphatic carbocycles. The van der Waals surface area contributed by atoms with Crippen molar-refractivity contribution in [2.24, 2.45) is 0 Å². The van der Waals surface area contributed by atoms with Gasteiger partial charge >= 0.3 is 0 Å². The van der Waals surface area contributed by atoms with E-state index < -0.39 is 0 Å². The fourth-order valence-corrected chi connectivity index (χ4v) is 4.60. The maximum Gasteiger partial charge on any atom is 0.173 e. The molecule has 0 radical (unpaired) electrons. The minimum atomic E-state index is 0.00771. The van der Waals surface area contributed by atoms with Crippen molar-refractivity contribution in [1.82, 2.24) is 30.0 Å². The minimum Gasteiger partial charge on any atom is -0.497 e. The summed E-state index contributed by atoms with van der Waals surface area (Å²) in [5, 5.41) is 12.9. The summed E-state index contributed by atoms with van der Waals surface area (Å²) >= 11 is 0. The Hall–Kier alpha value is -3.55. The number of ether oxygens (including phenoxy) is 1. The van der Waals surface area contributed by atoms with Crippen LogP contribution in [-0.2, 0) is 13.1 Å². The molecule has 7 heteroatoms. The van der Waals surface area contributed by atoms with Crippen molar-refractivity contribution in [2.75, 3.05) is 33.3 Å². The monoisotopic (exact) mass is 454 g/mol. The lowest BCUT2D eigenvalue weighted by Gasteiger charge is -2.39. The molecule has 0 saturated carbocycles. The van der Waals surface area contributed by atoms with Gasteiger partial charge in [-0.3, -0.25) is 9.80 Å². The van der Waals surface area contributed by atoms with Crippen molar-refractivity contribution >= 4 is 0 Å². The third-order valence-corrected chi connectivity index (χ3v) is 6.43. The first-order chi connectivity index (χ1) is 16.8. The highest BCUT2D eigenvalue weighted by Crippen LogP contribution is 2.28. The van der Waals surface area contributed by atoms with Crippen LogP contribution in [0.15, 0.2) is 84.9 Å². The van der Waals surface area contributed by atoms with E-state index in [4.69, 9.17) is 4.74 Å². The van der Waals surface area contributed by atoms with Gasteiger partial charge in [0.15, 0.2) is 5.82 Å². The number of nitrogens with zero attached hydrogens (tertiary/aromatic N) is 6. The molecule has 174 valence electrons. The molecule has 1 fully saturated rings. The van der Waals surface area contributed by atoms with E-state index in [0.29, 0.717) is 6.54 Å². The first-order valence-electron chi connectivity index (χ1n) is 11.7. The highest BCUT2D eigenvalue weighted by atomic mass is 16.5. The molecular formula is C27H30N6O. The van der Waals surface area contributed by atoms with Gasteiger partial charge in [0.1, 0.15) is 5.75 Å². The maximum absolute atomic E-state index is 5.29. The van der Waals surface area contributed by atoms with Crippen LogP contribution in [0.4, 0.5) is 0 Å². The van der Waals surface area contributed by atoms with Gasteiger partial charge < -0.3 is 4.74 Å². The summed E-state index contributed by atoms with van der Waals surface area (Å²) in [5.41, 5.74) is 3.71. The molecule has 7 nitrogen and oxygen atoms in total. The van der Waals surface area contributed by atoms with Crippen LogP contribution in [0.3, 0.4) is 0 Å². The standard InChI is InChI=1S/C27H30N6O/c1-34-25-14-12-23(13-15-25)21-33-27(28-29-30-33)26(24-10-6-3-7-11-24)32-18-16-31(17-19-32)20-22-8-4-2-5-9-22/h2-15,26H,16-21H2,1H3/t26-/m0/s1. The molecule has 2 heterocycles. The first kappa shape index (κ1) is 22.3. The Kier molecular flexibility index (Phi) is 6.93. The van der Waals surface area contributed by atoms with E-state index in [2.05, 4.69) is 98.1 Å². The topological polar surface area (TPSA) is 59.3 Å². The number of rotatable bonds is 8. The van der Waals surface area contributed by atoms with Gasteiger partial charge in [-0.25, -0.2) is 4.68 Å². The van der Waals surface area contributed by atoms with E-state index in [1.807, 2.05) is 16.8 Å². The molecule has 0 spiro atoms. The van der Waals surface area contributed by atoms with Crippen molar-refractivity contribution in [3.05, 3.63) is 107 Å². The predicted molar refractivity (Wildman–Crippen MR) is 131 cm³/mol. The molecule has 34 heavy (non-hydrogen) atoms. The number of piperazine rings is 1. The van der Waals surface area contributed by atoms with Gasteiger partial charge in [0.2, 0.25) is 0 Å². The Morgan fingerprint density at radius 1 is 0.765 bits per heavy atom. The Morgan fingerprint density at radius 2 is 1.41 bits per heavy atom. The third kappa shape index (κ3) is 5.16. The second-order valence-corrected chi connectivity index (χ2v) is 8.65. The number of hydrogen-bond donors (Lipinski definition) is 0. The van der Waals surface area contributed by atoms with Crippen LogP contribution >= 0.6 is 0 Å². The van der Waals surface area contributed by atoms with Gasteiger partial charge in [0.25, 0.3) is 0 Å². The first-order valence-corrected chi connectivity index (χ1v) is 11.7. The van der Waals surface area contributed by atoms with Gasteiger partial charge in [0, 0.05) is 32.7 Å². The zero-order valence-corrected chi connectivity index (χ0v) is 19.5. The summed E-state index contributed by atoms with van der Waals surface area (Å²) in [4.78, 5) is 5.03. The number of hydrogen-bond acceptors (Lipinski definition) is 6. The smallest absolute Gasteiger partial charge is 0.173 e. The normalized spacial score (nSPS) is 15.8. The van der Waals surface area contributed by atoms with Crippen LogP contribution < -0.4 is 4.74 Å². The zero-order valence-electron chi connectivity index (χ0n) is 19.5. The van der Waals surface area contributed by atoms with Crippen molar-refractivity contribution in [2.45, 2.75) is 19.1 Å². The van der Waals surface area contributed by atoms with E-state index in [0.717, 1.165) is 49.9 Å². The molecule has 1 aliphatic heterocycles. The quantitative estimate of drug-likeness (QED) is 0.405. The van der Waals surface area contributed by atoms with Crippen LogP contribution in [0.25, 0.3) is 0 Å². The zero-order chi connectivity index (χ0) is 23.2. The summed E-state index contributed by atoms with van der Waals surface area (Å²) in [6, 6.07) is 29.3. The molecule has 1 aliphatic rings. The second kappa shape index (κ2) is 10.6. The van der Waals surface area contributed by atoms with Crippen molar-refractivity contribution in [3.63, 3.8) is 0 Å². The average Bonchev–Trinajstić information content (AvgIpc) is 3.34. The molecular weight excluding hydrogens is 424 g/mol. The van der Waals surface area contributed by atoms with E-state index >= 15 is 0 Å². The number of aromatic nitrogens is 4. The third-order valence-electron chi connectivity index (χ3n) is 6.43. The van der Waals surface area contributed by atoms with Gasteiger partial charge in [-0.05, 0) is 39.2 Å². The summed E-state index contributed by atoms with van der Waals surface area (Å²) < 4.78 is 7.22. The summed E-state index contributed by atoms with van der Waals surface area (Å²) in [6.45, 7) is 5.55. The SMILES string of the molecule is COc1ccc(Cn2nnnc2[C@H](c2ccccc2)N2CCN(Cc3ccccc3)CC2)cc1. The number of benzene rings is 3. The van der Waals surface area contributed by atoms with Gasteiger partial charge in [-0.15, -0.1) is 5.10 Å². The lowest BCUT2D eigenvalue weighted by molar-refractivity contribution is 0.100. The van der Waals surface area contributed by atoms with Crippen LogP contribution in [0.1, 0.15) is 28.6 Å². The number of methoxy groups -OCH3 is 1. The summed E-state index contributed by atoms with van der Waals surface area (Å²) in [6.07, 6.45) is 0. The van der Waals surface area contributed by atoms with E-state index in [-0.39, 0.29) is 6.04 Å². The highest BCUT2D eigenvalue weighted by molar-refractivity contribution is 5.28. The van der Waals surface area contributed by atoms with Crippen molar-refractivity contribution in [3.8, 4) is 5.75 Å². The lowest BCUT2D eigenvalue weighted by atomic mass is 10.0. The number of tetrazole rings is 1. The van der Waals surface area contributed by atoms with Gasteiger partial charge in [-0.2, -0.15) is 0 Å². The molecule has 1 saturated heterocycles. The van der Waals surface area contributed by atoms with Crippen molar-refractivity contribution < 1.29 is 4.74 Å². The molecule has 0 N–H and O–H groups in total. The average molecular weight is 455 g/mol. The molecule has 0 unspecified atom stereocenters. The maximum atomic E-state index is 5.29. The molecule has 0 bridgehead atoms. The predicted octanol–water partition coefficient (Wildman–Crippen LogP) is 3.64. The Morgan fingerprint density at radius 3 is 2.09 bits per heavy atom. The fourth-order valence-electron chi connectivity index (χ4n) is 4.60. The highest BCUT2D eigenvalue weighted by Gasteiger charge is 2.30. The largest absolute Gasteiger partial charge is 0.497 e. The Balaban J connectivity index is 1.35. The molecule has 3 aromatic carbocycles. The van der Waals surface area contributed by atoms with Crippen LogP contribution in [0, 0.1) is 0 Å². The van der Waals surface area contributed by atoms with Crippen LogP contribution in [0.2, 0.25) is 0 Å². The van der Waals surface area contributed by atoms with Gasteiger partial charge in [0.05, 0.1) is 19.7 Å². The lowest BCUT2D eigenvalue weighted by Crippen LogP contribution is -2.47. The molecule has 0 amide bonds. The fraction of sp³-hybridized carbons (Fsp3) is 0.296. The molecule has 4 aromatic rings. The van der Waals surface area contributed by atoms with Crippen LogP contribution in [-0.4, -0.2) is 63.3 Å². The minimum absolute atomic E-state index is 0.00771. The Labute approximate surface area is 200 Å². The van der Waals surface area contributed by atoms with Crippen LogP contribution in [0.5, 0.6) is 5.75 Å². The second-order valence-electron chi connectivity index (χ2n) is 8.65.